The minimum absolute atomic E-state index is 0.326. The molecule has 20 heavy (non-hydrogen) atoms. The van der Waals surface area contributed by atoms with Crippen LogP contribution in [0.5, 0.6) is 0 Å². The molecule has 1 aromatic carbocycles. The van der Waals surface area contributed by atoms with Crippen LogP contribution in [-0.2, 0) is 0 Å². The highest BCUT2D eigenvalue weighted by molar-refractivity contribution is 5.90. The molecule has 1 aromatic rings. The maximum Gasteiger partial charge on any atom is 0.0858 e. The lowest BCUT2D eigenvalue weighted by atomic mass is 9.85. The van der Waals surface area contributed by atoms with E-state index in [0.717, 1.165) is 23.5 Å². The summed E-state index contributed by atoms with van der Waals surface area (Å²) in [5.41, 5.74) is 11.5. The van der Waals surface area contributed by atoms with Crippen molar-refractivity contribution in [1.29, 1.82) is 0 Å². The van der Waals surface area contributed by atoms with Gasteiger partial charge in [-0.2, -0.15) is 0 Å². The van der Waals surface area contributed by atoms with Crippen molar-refractivity contribution in [2.75, 3.05) is 5.73 Å². The SMILES string of the molecule is CC1=CC(C(C)C(C)=Nc2ccccc2N)=CC(C)C1. The Morgan fingerprint density at radius 2 is 2.05 bits per heavy atom. The average Bonchev–Trinajstić information content (AvgIpc) is 2.39. The van der Waals surface area contributed by atoms with E-state index in [-0.39, 0.29) is 0 Å². The van der Waals surface area contributed by atoms with Gasteiger partial charge < -0.3 is 5.73 Å². The van der Waals surface area contributed by atoms with E-state index < -0.39 is 0 Å². The van der Waals surface area contributed by atoms with Gasteiger partial charge >= 0.3 is 0 Å². The Bertz CT molecular complexity index is 579. The summed E-state index contributed by atoms with van der Waals surface area (Å²) in [7, 11) is 0. The van der Waals surface area contributed by atoms with Gasteiger partial charge in [-0.1, -0.05) is 43.7 Å². The third-order valence-corrected chi connectivity index (χ3v) is 3.89. The number of nitrogens with two attached hydrogens (primary N) is 1. The Hall–Kier alpha value is -1.83. The molecule has 106 valence electrons. The molecular formula is C18H24N2. The van der Waals surface area contributed by atoms with Crippen LogP contribution < -0.4 is 5.73 Å². The molecule has 0 amide bonds. The number of allylic oxidation sites excluding steroid dienone is 4. The zero-order chi connectivity index (χ0) is 14.7. The van der Waals surface area contributed by atoms with Crippen LogP contribution in [0.25, 0.3) is 0 Å². The second kappa shape index (κ2) is 6.08. The van der Waals surface area contributed by atoms with Crippen molar-refractivity contribution in [3.05, 3.63) is 47.6 Å². The monoisotopic (exact) mass is 268 g/mol. The minimum Gasteiger partial charge on any atom is -0.397 e. The smallest absolute Gasteiger partial charge is 0.0858 e. The molecule has 0 saturated carbocycles. The van der Waals surface area contributed by atoms with Gasteiger partial charge in [-0.05, 0) is 43.9 Å². The molecule has 1 aliphatic rings. The molecule has 0 aromatic heterocycles. The lowest BCUT2D eigenvalue weighted by Crippen LogP contribution is -2.13. The third kappa shape index (κ3) is 3.38. The molecule has 2 atom stereocenters. The van der Waals surface area contributed by atoms with Crippen LogP contribution in [-0.4, -0.2) is 5.71 Å². The van der Waals surface area contributed by atoms with Crippen molar-refractivity contribution in [3.8, 4) is 0 Å². The number of nitrogens with zero attached hydrogens (tertiary/aromatic N) is 1. The van der Waals surface area contributed by atoms with Crippen molar-refractivity contribution in [2.24, 2.45) is 16.8 Å². The van der Waals surface area contributed by atoms with Crippen molar-refractivity contribution in [2.45, 2.75) is 34.1 Å². The molecule has 2 nitrogen and oxygen atoms in total. The zero-order valence-corrected chi connectivity index (χ0v) is 12.9. The summed E-state index contributed by atoms with van der Waals surface area (Å²) in [6.07, 6.45) is 5.83. The summed E-state index contributed by atoms with van der Waals surface area (Å²) < 4.78 is 0. The summed E-state index contributed by atoms with van der Waals surface area (Å²) >= 11 is 0. The largest absolute Gasteiger partial charge is 0.397 e. The predicted molar refractivity (Wildman–Crippen MR) is 88.4 cm³/mol. The van der Waals surface area contributed by atoms with Gasteiger partial charge in [0.05, 0.1) is 11.4 Å². The van der Waals surface area contributed by atoms with Crippen LogP contribution in [0, 0.1) is 11.8 Å². The van der Waals surface area contributed by atoms with Crippen LogP contribution in [0.2, 0.25) is 0 Å². The lowest BCUT2D eigenvalue weighted by molar-refractivity contribution is 0.686. The quantitative estimate of drug-likeness (QED) is 0.614. The van der Waals surface area contributed by atoms with Crippen molar-refractivity contribution < 1.29 is 0 Å². The van der Waals surface area contributed by atoms with Gasteiger partial charge in [-0.15, -0.1) is 0 Å². The molecule has 0 saturated heterocycles. The standard InChI is InChI=1S/C18H24N2/c1-12-9-13(2)11-16(10-12)14(3)15(4)20-18-8-6-5-7-17(18)19/h5-8,10-12,14H,9,19H2,1-4H3. The van der Waals surface area contributed by atoms with E-state index in [1.54, 1.807) is 0 Å². The zero-order valence-electron chi connectivity index (χ0n) is 12.9. The lowest BCUT2D eigenvalue weighted by Gasteiger charge is -2.21. The van der Waals surface area contributed by atoms with Gasteiger partial charge in [0.25, 0.3) is 0 Å². The van der Waals surface area contributed by atoms with Gasteiger partial charge in [0, 0.05) is 11.6 Å². The number of hydrogen-bond donors (Lipinski definition) is 1. The Morgan fingerprint density at radius 3 is 2.70 bits per heavy atom. The summed E-state index contributed by atoms with van der Waals surface area (Å²) in [4.78, 5) is 4.71. The van der Waals surface area contributed by atoms with E-state index in [4.69, 9.17) is 10.7 Å². The fourth-order valence-corrected chi connectivity index (χ4v) is 2.67. The molecule has 0 aliphatic heterocycles. The maximum absolute atomic E-state index is 5.96. The summed E-state index contributed by atoms with van der Waals surface area (Å²) in [5, 5.41) is 0. The first-order valence-corrected chi connectivity index (χ1v) is 7.26. The second-order valence-corrected chi connectivity index (χ2v) is 5.87. The first-order valence-electron chi connectivity index (χ1n) is 7.26. The average molecular weight is 268 g/mol. The Morgan fingerprint density at radius 1 is 1.35 bits per heavy atom. The molecule has 2 N–H and O–H groups in total. The molecule has 0 bridgehead atoms. The molecule has 2 unspecified atom stereocenters. The summed E-state index contributed by atoms with van der Waals surface area (Å²) in [6.45, 7) is 8.77. The number of anilines is 1. The Balaban J connectivity index is 2.25. The van der Waals surface area contributed by atoms with E-state index >= 15 is 0 Å². The number of hydrogen-bond acceptors (Lipinski definition) is 2. The van der Waals surface area contributed by atoms with Gasteiger partial charge in [-0.3, -0.25) is 4.99 Å². The van der Waals surface area contributed by atoms with E-state index in [1.165, 1.54) is 11.1 Å². The summed E-state index contributed by atoms with van der Waals surface area (Å²) in [6, 6.07) is 7.76. The fraction of sp³-hybridized carbons (Fsp3) is 0.389. The molecule has 2 rings (SSSR count). The van der Waals surface area contributed by atoms with Crippen LogP contribution in [0.4, 0.5) is 11.4 Å². The molecule has 1 aliphatic carbocycles. The summed E-state index contributed by atoms with van der Waals surface area (Å²) in [5.74, 6) is 0.944. The first-order chi connectivity index (χ1) is 9.47. The predicted octanol–water partition coefficient (Wildman–Crippen LogP) is 4.91. The first kappa shape index (κ1) is 14.6. The maximum atomic E-state index is 5.96. The molecule has 2 heteroatoms. The topological polar surface area (TPSA) is 38.4 Å². The highest BCUT2D eigenvalue weighted by Gasteiger charge is 2.16. The van der Waals surface area contributed by atoms with E-state index in [9.17, 15) is 0 Å². The van der Waals surface area contributed by atoms with E-state index in [0.29, 0.717) is 11.8 Å². The number of aliphatic imine (C=N–C) groups is 1. The second-order valence-electron chi connectivity index (χ2n) is 5.87. The van der Waals surface area contributed by atoms with Gasteiger partial charge in [0.15, 0.2) is 0 Å². The fourth-order valence-electron chi connectivity index (χ4n) is 2.67. The van der Waals surface area contributed by atoms with Gasteiger partial charge in [0.1, 0.15) is 0 Å². The third-order valence-electron chi connectivity index (χ3n) is 3.89. The molecule has 0 spiro atoms. The highest BCUT2D eigenvalue weighted by Crippen LogP contribution is 2.29. The molecule has 0 fully saturated rings. The Kier molecular flexibility index (Phi) is 4.43. The number of benzene rings is 1. The Labute approximate surface area is 122 Å². The van der Waals surface area contributed by atoms with Gasteiger partial charge in [-0.25, -0.2) is 0 Å². The van der Waals surface area contributed by atoms with Crippen molar-refractivity contribution in [1.82, 2.24) is 0 Å². The molecule has 0 heterocycles. The molecule has 0 radical (unpaired) electrons. The van der Waals surface area contributed by atoms with Gasteiger partial charge in [0.2, 0.25) is 0 Å². The van der Waals surface area contributed by atoms with Crippen LogP contribution in [0.15, 0.2) is 52.6 Å². The minimum atomic E-state index is 0.326. The number of para-hydroxylation sites is 2. The number of nitrogen functional groups attached to an aromatic ring is 1. The normalized spacial score (nSPS) is 21.2. The van der Waals surface area contributed by atoms with Crippen LogP contribution >= 0.6 is 0 Å². The van der Waals surface area contributed by atoms with E-state index in [1.807, 2.05) is 24.3 Å². The number of rotatable bonds is 3. The highest BCUT2D eigenvalue weighted by atomic mass is 14.8. The van der Waals surface area contributed by atoms with Crippen molar-refractivity contribution in [3.63, 3.8) is 0 Å². The van der Waals surface area contributed by atoms with Crippen LogP contribution in [0.1, 0.15) is 34.1 Å². The van der Waals surface area contributed by atoms with Crippen molar-refractivity contribution >= 4 is 17.1 Å². The van der Waals surface area contributed by atoms with Crippen LogP contribution in [0.3, 0.4) is 0 Å². The molecular weight excluding hydrogens is 244 g/mol. The van der Waals surface area contributed by atoms with E-state index in [2.05, 4.69) is 39.8 Å².